The molecule has 0 fully saturated rings. The van der Waals surface area contributed by atoms with Gasteiger partial charge in [0.1, 0.15) is 11.9 Å². The highest BCUT2D eigenvalue weighted by atomic mass is 16.6. The Bertz CT molecular complexity index is 355. The Hall–Kier alpha value is -1.65. The van der Waals surface area contributed by atoms with Crippen LogP contribution in [0.3, 0.4) is 0 Å². The largest absolute Gasteiger partial charge is 0.377 e. The first-order chi connectivity index (χ1) is 7.69. The molecule has 1 rings (SSSR count). The van der Waals surface area contributed by atoms with Gasteiger partial charge in [0.15, 0.2) is 0 Å². The minimum absolute atomic E-state index is 0.0389. The van der Waals surface area contributed by atoms with Gasteiger partial charge in [0.25, 0.3) is 0 Å². The Morgan fingerprint density at radius 1 is 1.56 bits per heavy atom. The Labute approximate surface area is 95.0 Å². The molecule has 0 spiro atoms. The molecule has 0 radical (unpaired) electrons. The maximum atomic E-state index is 10.8. The number of pyridine rings is 1. The molecule has 1 heterocycles. The zero-order valence-electron chi connectivity index (χ0n) is 9.64. The Morgan fingerprint density at radius 3 is 2.88 bits per heavy atom. The van der Waals surface area contributed by atoms with Crippen molar-refractivity contribution in [1.29, 1.82) is 0 Å². The van der Waals surface area contributed by atoms with E-state index >= 15 is 0 Å². The average molecular weight is 223 g/mol. The number of nitrogens with zero attached hydrogens (tertiary/aromatic N) is 2. The van der Waals surface area contributed by atoms with Crippen LogP contribution in [-0.2, 0) is 0 Å². The van der Waals surface area contributed by atoms with Crippen molar-refractivity contribution >= 4 is 11.4 Å². The summed E-state index contributed by atoms with van der Waals surface area (Å²) in [5, 5.41) is 14.0. The Morgan fingerprint density at radius 2 is 2.31 bits per heavy atom. The molecular weight excluding hydrogens is 206 g/mol. The van der Waals surface area contributed by atoms with Crippen molar-refractivity contribution < 1.29 is 4.92 Å². The number of anilines is 1. The zero-order chi connectivity index (χ0) is 12.0. The number of rotatable bonds is 6. The summed E-state index contributed by atoms with van der Waals surface area (Å²) in [4.78, 5) is 14.1. The first kappa shape index (κ1) is 12.4. The van der Waals surface area contributed by atoms with Gasteiger partial charge in [-0.1, -0.05) is 20.3 Å². The SMILES string of the molecule is CCCC(CC)Nc1ccncc1[N+](=O)[O-]. The lowest BCUT2D eigenvalue weighted by atomic mass is 10.1. The molecule has 16 heavy (non-hydrogen) atoms. The topological polar surface area (TPSA) is 68.1 Å². The maximum absolute atomic E-state index is 10.8. The van der Waals surface area contributed by atoms with E-state index in [1.54, 1.807) is 12.3 Å². The van der Waals surface area contributed by atoms with Crippen LogP contribution in [0.15, 0.2) is 18.5 Å². The van der Waals surface area contributed by atoms with Crippen molar-refractivity contribution in [1.82, 2.24) is 4.98 Å². The lowest BCUT2D eigenvalue weighted by molar-refractivity contribution is -0.384. The summed E-state index contributed by atoms with van der Waals surface area (Å²) in [6.45, 7) is 4.17. The molecule has 1 atom stereocenters. The summed E-state index contributed by atoms with van der Waals surface area (Å²) in [5.41, 5.74) is 0.595. The van der Waals surface area contributed by atoms with Crippen molar-refractivity contribution in [3.63, 3.8) is 0 Å². The van der Waals surface area contributed by atoms with E-state index in [1.807, 2.05) is 0 Å². The standard InChI is InChI=1S/C11H17N3O2/c1-3-5-9(4-2)13-10-6-7-12-8-11(10)14(15)16/h6-9H,3-5H2,1-2H3,(H,12,13). The van der Waals surface area contributed by atoms with E-state index in [0.717, 1.165) is 19.3 Å². The number of nitro groups is 1. The van der Waals surface area contributed by atoms with Crippen LogP contribution in [0, 0.1) is 10.1 Å². The number of hydrogen-bond donors (Lipinski definition) is 1. The van der Waals surface area contributed by atoms with Gasteiger partial charge in [0.05, 0.1) is 4.92 Å². The van der Waals surface area contributed by atoms with E-state index in [2.05, 4.69) is 24.1 Å². The number of aromatic nitrogens is 1. The second-order valence-corrected chi connectivity index (χ2v) is 3.69. The molecule has 5 nitrogen and oxygen atoms in total. The van der Waals surface area contributed by atoms with Crippen LogP contribution in [0.5, 0.6) is 0 Å². The molecule has 0 amide bonds. The van der Waals surface area contributed by atoms with Crippen LogP contribution < -0.4 is 5.32 Å². The van der Waals surface area contributed by atoms with Gasteiger partial charge in [-0.15, -0.1) is 0 Å². The van der Waals surface area contributed by atoms with E-state index in [1.165, 1.54) is 6.20 Å². The Balaban J connectivity index is 2.82. The molecule has 1 N–H and O–H groups in total. The van der Waals surface area contributed by atoms with Gasteiger partial charge >= 0.3 is 5.69 Å². The van der Waals surface area contributed by atoms with Gasteiger partial charge in [-0.2, -0.15) is 0 Å². The van der Waals surface area contributed by atoms with E-state index in [9.17, 15) is 10.1 Å². The highest BCUT2D eigenvalue weighted by Crippen LogP contribution is 2.23. The van der Waals surface area contributed by atoms with Crippen LogP contribution in [0.25, 0.3) is 0 Å². The molecule has 0 saturated carbocycles. The normalized spacial score (nSPS) is 12.1. The van der Waals surface area contributed by atoms with Crippen LogP contribution in [0.1, 0.15) is 33.1 Å². The van der Waals surface area contributed by atoms with Crippen molar-refractivity contribution in [2.45, 2.75) is 39.2 Å². The van der Waals surface area contributed by atoms with Crippen molar-refractivity contribution in [3.8, 4) is 0 Å². The van der Waals surface area contributed by atoms with Crippen LogP contribution in [0.4, 0.5) is 11.4 Å². The van der Waals surface area contributed by atoms with Crippen LogP contribution in [-0.4, -0.2) is 15.9 Å². The fourth-order valence-corrected chi connectivity index (χ4v) is 1.60. The predicted molar refractivity (Wildman–Crippen MR) is 63.5 cm³/mol. The highest BCUT2D eigenvalue weighted by molar-refractivity contribution is 5.60. The third kappa shape index (κ3) is 3.18. The van der Waals surface area contributed by atoms with E-state index in [-0.39, 0.29) is 11.7 Å². The smallest absolute Gasteiger partial charge is 0.310 e. The van der Waals surface area contributed by atoms with Crippen molar-refractivity contribution in [3.05, 3.63) is 28.6 Å². The molecule has 0 bridgehead atoms. The van der Waals surface area contributed by atoms with Gasteiger partial charge < -0.3 is 5.32 Å². The zero-order valence-corrected chi connectivity index (χ0v) is 9.64. The lowest BCUT2D eigenvalue weighted by Crippen LogP contribution is -2.18. The second-order valence-electron chi connectivity index (χ2n) is 3.69. The molecule has 1 aromatic heterocycles. The summed E-state index contributed by atoms with van der Waals surface area (Å²) >= 11 is 0. The summed E-state index contributed by atoms with van der Waals surface area (Å²) in [6, 6.07) is 1.93. The molecular formula is C11H17N3O2. The summed E-state index contributed by atoms with van der Waals surface area (Å²) in [7, 11) is 0. The molecule has 1 aromatic rings. The second kappa shape index (κ2) is 6.05. The number of nitrogens with one attached hydrogen (secondary N) is 1. The quantitative estimate of drug-likeness (QED) is 0.594. The van der Waals surface area contributed by atoms with Crippen molar-refractivity contribution in [2.75, 3.05) is 5.32 Å². The first-order valence-corrected chi connectivity index (χ1v) is 5.54. The van der Waals surface area contributed by atoms with Crippen LogP contribution >= 0.6 is 0 Å². The van der Waals surface area contributed by atoms with Gasteiger partial charge in [0.2, 0.25) is 0 Å². The molecule has 0 saturated heterocycles. The fourth-order valence-electron chi connectivity index (χ4n) is 1.60. The fraction of sp³-hybridized carbons (Fsp3) is 0.545. The molecule has 0 aliphatic rings. The van der Waals surface area contributed by atoms with Crippen LogP contribution in [0.2, 0.25) is 0 Å². The number of hydrogen-bond acceptors (Lipinski definition) is 4. The average Bonchev–Trinajstić information content (AvgIpc) is 2.29. The highest BCUT2D eigenvalue weighted by Gasteiger charge is 2.15. The van der Waals surface area contributed by atoms with Crippen molar-refractivity contribution in [2.24, 2.45) is 0 Å². The molecule has 0 aliphatic heterocycles. The van der Waals surface area contributed by atoms with Gasteiger partial charge in [-0.05, 0) is 18.9 Å². The maximum Gasteiger partial charge on any atom is 0.310 e. The minimum Gasteiger partial charge on any atom is -0.377 e. The molecule has 0 aromatic carbocycles. The summed E-state index contributed by atoms with van der Waals surface area (Å²) in [6.07, 6.45) is 5.86. The predicted octanol–water partition coefficient (Wildman–Crippen LogP) is 2.98. The lowest BCUT2D eigenvalue weighted by Gasteiger charge is -2.16. The van der Waals surface area contributed by atoms with E-state index in [0.29, 0.717) is 5.69 Å². The molecule has 88 valence electrons. The van der Waals surface area contributed by atoms with Gasteiger partial charge in [0, 0.05) is 12.2 Å². The third-order valence-corrected chi connectivity index (χ3v) is 2.49. The summed E-state index contributed by atoms with van der Waals surface area (Å²) < 4.78 is 0. The van der Waals surface area contributed by atoms with Gasteiger partial charge in [-0.25, -0.2) is 0 Å². The van der Waals surface area contributed by atoms with E-state index < -0.39 is 4.92 Å². The molecule has 0 aliphatic carbocycles. The molecule has 5 heteroatoms. The first-order valence-electron chi connectivity index (χ1n) is 5.54. The monoisotopic (exact) mass is 223 g/mol. The minimum atomic E-state index is -0.409. The Kier molecular flexibility index (Phi) is 4.69. The van der Waals surface area contributed by atoms with E-state index in [4.69, 9.17) is 0 Å². The molecule has 1 unspecified atom stereocenters. The summed E-state index contributed by atoms with van der Waals surface area (Å²) in [5.74, 6) is 0. The third-order valence-electron chi connectivity index (χ3n) is 2.49. The van der Waals surface area contributed by atoms with Gasteiger partial charge in [-0.3, -0.25) is 15.1 Å².